The maximum atomic E-state index is 11.7. The molecule has 0 aliphatic carbocycles. The summed E-state index contributed by atoms with van der Waals surface area (Å²) in [6.45, 7) is 0. The molecule has 0 radical (unpaired) electrons. The Morgan fingerprint density at radius 3 is 1.58 bits per heavy atom. The molecule has 6 nitrogen and oxygen atoms in total. The molecule has 0 aromatic heterocycles. The van der Waals surface area contributed by atoms with Gasteiger partial charge in [0.1, 0.15) is 11.5 Å². The van der Waals surface area contributed by atoms with E-state index in [4.69, 9.17) is 19.8 Å². The normalized spacial score (nSPS) is 10.9. The predicted molar refractivity (Wildman–Crippen MR) is 71.9 cm³/mol. The highest BCUT2D eigenvalue weighted by Gasteiger charge is 2.15. The summed E-state index contributed by atoms with van der Waals surface area (Å²) in [4.78, 5) is 0. The Balaban J connectivity index is 2.15. The van der Waals surface area contributed by atoms with Crippen molar-refractivity contribution in [3.63, 3.8) is 0 Å². The van der Waals surface area contributed by atoms with Crippen LogP contribution >= 0.6 is 0 Å². The van der Waals surface area contributed by atoms with Gasteiger partial charge in [0, 0.05) is 23.5 Å². The van der Waals surface area contributed by atoms with E-state index in [9.17, 15) is 8.42 Å². The van der Waals surface area contributed by atoms with Crippen molar-refractivity contribution < 1.29 is 16.8 Å². The van der Waals surface area contributed by atoms with Gasteiger partial charge in [-0.2, -0.15) is 0 Å². The largest absolute Gasteiger partial charge is 0.500 e. The van der Waals surface area contributed by atoms with Gasteiger partial charge in [-0.15, -0.1) is 8.42 Å². The second-order valence-electron chi connectivity index (χ2n) is 3.72. The van der Waals surface area contributed by atoms with Gasteiger partial charge in [0.15, 0.2) is 0 Å². The summed E-state index contributed by atoms with van der Waals surface area (Å²) in [7, 11) is -4.23. The van der Waals surface area contributed by atoms with Crippen LogP contribution in [0.2, 0.25) is 0 Å². The number of anilines is 2. The summed E-state index contributed by atoms with van der Waals surface area (Å²) in [5.74, 6) is 0.146. The van der Waals surface area contributed by atoms with E-state index in [1.807, 2.05) is 0 Å². The van der Waals surface area contributed by atoms with Crippen molar-refractivity contribution in [2.24, 2.45) is 0 Å². The lowest BCUT2D eigenvalue weighted by molar-refractivity contribution is 0.393. The summed E-state index contributed by atoms with van der Waals surface area (Å²) in [5, 5.41) is 0. The molecule has 7 heteroatoms. The van der Waals surface area contributed by atoms with Crippen molar-refractivity contribution in [2.45, 2.75) is 0 Å². The number of rotatable bonds is 4. The molecule has 0 bridgehead atoms. The Hall–Kier alpha value is -2.41. The van der Waals surface area contributed by atoms with Crippen LogP contribution in [0.4, 0.5) is 11.4 Å². The summed E-state index contributed by atoms with van der Waals surface area (Å²) in [6, 6.07) is 12.0. The zero-order valence-electron chi connectivity index (χ0n) is 9.81. The van der Waals surface area contributed by atoms with Crippen LogP contribution in [0.25, 0.3) is 0 Å². The standard InChI is InChI=1S/C12H12N2O4S/c13-9-3-1-5-11(7-9)17-19(15,16)18-12-6-2-4-10(14)8-12/h1-8H,13-14H2. The van der Waals surface area contributed by atoms with Crippen LogP contribution in [-0.4, -0.2) is 8.42 Å². The average molecular weight is 280 g/mol. The van der Waals surface area contributed by atoms with Crippen molar-refractivity contribution in [1.29, 1.82) is 0 Å². The molecule has 0 saturated heterocycles. The van der Waals surface area contributed by atoms with Crippen molar-refractivity contribution in [2.75, 3.05) is 11.5 Å². The molecule has 19 heavy (non-hydrogen) atoms. The molecule has 0 heterocycles. The van der Waals surface area contributed by atoms with Crippen LogP contribution in [-0.2, 0) is 10.4 Å². The van der Waals surface area contributed by atoms with Gasteiger partial charge in [0.2, 0.25) is 0 Å². The molecule has 0 fully saturated rings. The summed E-state index contributed by atoms with van der Waals surface area (Å²) < 4.78 is 32.8. The first-order chi connectivity index (χ1) is 8.94. The van der Waals surface area contributed by atoms with Gasteiger partial charge in [-0.25, -0.2) is 0 Å². The number of nitrogens with two attached hydrogens (primary N) is 2. The molecule has 2 aromatic rings. The summed E-state index contributed by atoms with van der Waals surface area (Å²) in [5.41, 5.74) is 11.8. The van der Waals surface area contributed by atoms with Gasteiger partial charge in [0.25, 0.3) is 0 Å². The van der Waals surface area contributed by atoms with Crippen molar-refractivity contribution in [3.8, 4) is 11.5 Å². The third-order valence-corrected chi connectivity index (χ3v) is 2.91. The summed E-state index contributed by atoms with van der Waals surface area (Å²) in [6.07, 6.45) is 0. The molecule has 2 aromatic carbocycles. The van der Waals surface area contributed by atoms with E-state index in [-0.39, 0.29) is 11.5 Å². The van der Waals surface area contributed by atoms with Crippen LogP contribution in [0.15, 0.2) is 48.5 Å². The topological polar surface area (TPSA) is 105 Å². The van der Waals surface area contributed by atoms with Crippen LogP contribution in [0, 0.1) is 0 Å². The first-order valence-corrected chi connectivity index (χ1v) is 6.63. The predicted octanol–water partition coefficient (Wildman–Crippen LogP) is 1.55. The lowest BCUT2D eigenvalue weighted by Crippen LogP contribution is -2.16. The molecule has 0 amide bonds. The molecular weight excluding hydrogens is 268 g/mol. The molecule has 0 atom stereocenters. The van der Waals surface area contributed by atoms with Crippen molar-refractivity contribution in [3.05, 3.63) is 48.5 Å². The monoisotopic (exact) mass is 280 g/mol. The number of nitrogen functional groups attached to an aromatic ring is 2. The van der Waals surface area contributed by atoms with Gasteiger partial charge in [-0.05, 0) is 24.3 Å². The zero-order valence-corrected chi connectivity index (χ0v) is 10.6. The van der Waals surface area contributed by atoms with E-state index < -0.39 is 10.4 Å². The lowest BCUT2D eigenvalue weighted by Gasteiger charge is -2.08. The van der Waals surface area contributed by atoms with E-state index >= 15 is 0 Å². The maximum Gasteiger partial charge on any atom is 0.500 e. The zero-order chi connectivity index (χ0) is 13.9. The van der Waals surface area contributed by atoms with Crippen molar-refractivity contribution in [1.82, 2.24) is 0 Å². The Kier molecular flexibility index (Phi) is 3.48. The van der Waals surface area contributed by atoms with Gasteiger partial charge in [-0.1, -0.05) is 12.1 Å². The van der Waals surface area contributed by atoms with E-state index in [2.05, 4.69) is 0 Å². The molecular formula is C12H12N2O4S. The van der Waals surface area contributed by atoms with E-state index in [0.29, 0.717) is 11.4 Å². The van der Waals surface area contributed by atoms with E-state index in [1.165, 1.54) is 24.3 Å². The van der Waals surface area contributed by atoms with E-state index in [0.717, 1.165) is 0 Å². The van der Waals surface area contributed by atoms with E-state index in [1.54, 1.807) is 24.3 Å². The van der Waals surface area contributed by atoms with Crippen LogP contribution < -0.4 is 19.8 Å². The minimum atomic E-state index is -4.23. The summed E-state index contributed by atoms with van der Waals surface area (Å²) >= 11 is 0. The Morgan fingerprint density at radius 1 is 0.789 bits per heavy atom. The fraction of sp³-hybridized carbons (Fsp3) is 0. The van der Waals surface area contributed by atoms with Crippen LogP contribution in [0.1, 0.15) is 0 Å². The number of hydrogen-bond acceptors (Lipinski definition) is 6. The first-order valence-electron chi connectivity index (χ1n) is 5.29. The second kappa shape index (κ2) is 5.07. The highest BCUT2D eigenvalue weighted by molar-refractivity contribution is 7.82. The van der Waals surface area contributed by atoms with Gasteiger partial charge in [0.05, 0.1) is 0 Å². The molecule has 0 spiro atoms. The lowest BCUT2D eigenvalue weighted by atomic mass is 10.3. The maximum absolute atomic E-state index is 11.7. The molecule has 0 aliphatic heterocycles. The average Bonchev–Trinajstić information content (AvgIpc) is 2.27. The van der Waals surface area contributed by atoms with Crippen LogP contribution in [0.5, 0.6) is 11.5 Å². The third-order valence-electron chi connectivity index (χ3n) is 2.11. The fourth-order valence-electron chi connectivity index (χ4n) is 1.39. The molecule has 4 N–H and O–H groups in total. The Morgan fingerprint density at radius 2 is 1.21 bits per heavy atom. The van der Waals surface area contributed by atoms with Gasteiger partial charge in [-0.3, -0.25) is 0 Å². The number of hydrogen-bond donors (Lipinski definition) is 2. The van der Waals surface area contributed by atoms with Crippen molar-refractivity contribution >= 4 is 21.8 Å². The minimum absolute atomic E-state index is 0.0731. The molecule has 0 saturated carbocycles. The third kappa shape index (κ3) is 3.78. The Bertz CT molecular complexity index is 632. The molecule has 100 valence electrons. The Labute approximate surface area is 110 Å². The quantitative estimate of drug-likeness (QED) is 0.823. The fourth-order valence-corrected chi connectivity index (χ4v) is 2.10. The smallest absolute Gasteiger partial charge is 0.399 e. The van der Waals surface area contributed by atoms with Crippen LogP contribution in [0.3, 0.4) is 0 Å². The number of benzene rings is 2. The molecule has 0 aliphatic rings. The second-order valence-corrected chi connectivity index (χ2v) is 4.87. The highest BCUT2D eigenvalue weighted by Crippen LogP contribution is 2.20. The highest BCUT2D eigenvalue weighted by atomic mass is 32.3. The molecule has 0 unspecified atom stereocenters. The van der Waals surface area contributed by atoms with Gasteiger partial charge < -0.3 is 19.8 Å². The minimum Gasteiger partial charge on any atom is -0.399 e. The first kappa shape index (κ1) is 13.0. The van der Waals surface area contributed by atoms with Gasteiger partial charge >= 0.3 is 10.4 Å². The SMILES string of the molecule is Nc1cccc(OS(=O)(=O)Oc2cccc(N)c2)c1. The molecule has 2 rings (SSSR count).